The molecule has 1 aromatic carbocycles. The summed E-state index contributed by atoms with van der Waals surface area (Å²) in [6.07, 6.45) is 0.713. The molecular weight excluding hydrogens is 348 g/mol. The molecule has 8 nitrogen and oxygen atoms in total. The average Bonchev–Trinajstić information content (AvgIpc) is 2.70. The van der Waals surface area contributed by atoms with Crippen LogP contribution >= 0.6 is 0 Å². The van der Waals surface area contributed by atoms with Crippen molar-refractivity contribution in [1.29, 1.82) is 5.26 Å². The second kappa shape index (κ2) is 8.31. The monoisotopic (exact) mass is 370 g/mol. The van der Waals surface area contributed by atoms with Crippen molar-refractivity contribution in [3.05, 3.63) is 36.0 Å². The molecule has 2 heterocycles. The molecule has 3 rings (SSSR count). The zero-order valence-corrected chi connectivity index (χ0v) is 15.0. The number of anilines is 1. The number of benzene rings is 1. The number of morpholine rings is 1. The van der Waals surface area contributed by atoms with Gasteiger partial charge >= 0.3 is 0 Å². The molecule has 1 fully saturated rings. The van der Waals surface area contributed by atoms with E-state index < -0.39 is 12.1 Å². The normalized spacial score (nSPS) is 19.9. The third-order valence-corrected chi connectivity index (χ3v) is 4.55. The van der Waals surface area contributed by atoms with E-state index in [-0.39, 0.29) is 25.2 Å². The number of nitriles is 1. The number of nitrogens with zero attached hydrogens (tertiary/aromatic N) is 3. The fourth-order valence-corrected chi connectivity index (χ4v) is 3.26. The molecular formula is C19H22N4O4. The summed E-state index contributed by atoms with van der Waals surface area (Å²) in [5, 5.41) is 31.1. The van der Waals surface area contributed by atoms with Crippen molar-refractivity contribution in [2.75, 3.05) is 31.2 Å². The Bertz CT molecular complexity index is 862. The smallest absolute Gasteiger partial charge is 0.251 e. The molecule has 2 aromatic rings. The maximum atomic E-state index is 12.5. The van der Waals surface area contributed by atoms with Crippen molar-refractivity contribution in [2.45, 2.75) is 25.2 Å². The fourth-order valence-electron chi connectivity index (χ4n) is 3.26. The van der Waals surface area contributed by atoms with Crippen molar-refractivity contribution >= 4 is 22.5 Å². The summed E-state index contributed by atoms with van der Waals surface area (Å²) in [6, 6.07) is 8.75. The molecule has 0 aliphatic carbocycles. The number of carbonyl (C=O) groups excluding carboxylic acids is 1. The van der Waals surface area contributed by atoms with Gasteiger partial charge in [-0.3, -0.25) is 9.78 Å². The minimum Gasteiger partial charge on any atom is -0.394 e. The summed E-state index contributed by atoms with van der Waals surface area (Å²) in [5.41, 5.74) is 2.00. The number of rotatable bonds is 5. The predicted octanol–water partition coefficient (Wildman–Crippen LogP) is 0.170. The Kier molecular flexibility index (Phi) is 5.86. The van der Waals surface area contributed by atoms with Gasteiger partial charge in [0.2, 0.25) is 0 Å². The molecule has 1 amide bonds. The molecule has 0 unspecified atom stereocenters. The summed E-state index contributed by atoms with van der Waals surface area (Å²) < 4.78 is 5.76. The Labute approximate surface area is 157 Å². The van der Waals surface area contributed by atoms with Crippen LogP contribution in [0, 0.1) is 11.3 Å². The van der Waals surface area contributed by atoms with Crippen LogP contribution in [-0.4, -0.2) is 65.7 Å². The number of aliphatic hydroxyl groups excluding tert-OH is 2. The zero-order chi connectivity index (χ0) is 19.4. The second-order valence-electron chi connectivity index (χ2n) is 6.55. The lowest BCUT2D eigenvalue weighted by Gasteiger charge is -2.38. The van der Waals surface area contributed by atoms with Crippen LogP contribution in [0.2, 0.25) is 0 Å². The molecule has 1 aliphatic heterocycles. The average molecular weight is 370 g/mol. The van der Waals surface area contributed by atoms with Crippen molar-refractivity contribution in [2.24, 2.45) is 0 Å². The molecule has 1 saturated heterocycles. The van der Waals surface area contributed by atoms with E-state index in [2.05, 4.69) is 16.4 Å². The van der Waals surface area contributed by atoms with Gasteiger partial charge in [-0.2, -0.15) is 5.26 Å². The zero-order valence-electron chi connectivity index (χ0n) is 15.0. The van der Waals surface area contributed by atoms with Gasteiger partial charge in [-0.1, -0.05) is 0 Å². The first-order chi connectivity index (χ1) is 13.1. The topological polar surface area (TPSA) is 119 Å². The van der Waals surface area contributed by atoms with Gasteiger partial charge in [0.25, 0.3) is 5.91 Å². The third kappa shape index (κ3) is 4.01. The number of pyridine rings is 1. The van der Waals surface area contributed by atoms with Crippen LogP contribution in [0.5, 0.6) is 0 Å². The van der Waals surface area contributed by atoms with Crippen LogP contribution in [0.3, 0.4) is 0 Å². The third-order valence-electron chi connectivity index (χ3n) is 4.55. The van der Waals surface area contributed by atoms with Gasteiger partial charge in [-0.25, -0.2) is 0 Å². The van der Waals surface area contributed by atoms with Crippen LogP contribution in [0.4, 0.5) is 5.69 Å². The van der Waals surface area contributed by atoms with E-state index in [0.717, 1.165) is 11.1 Å². The Hall–Kier alpha value is -2.73. The number of hydrogen-bond acceptors (Lipinski definition) is 7. The lowest BCUT2D eigenvalue weighted by molar-refractivity contribution is -0.138. The minimum absolute atomic E-state index is 0.196. The molecule has 0 spiro atoms. The molecule has 0 saturated carbocycles. The predicted molar refractivity (Wildman–Crippen MR) is 99.1 cm³/mol. The maximum absolute atomic E-state index is 12.5. The van der Waals surface area contributed by atoms with Crippen molar-refractivity contribution in [1.82, 2.24) is 10.3 Å². The van der Waals surface area contributed by atoms with E-state index in [0.29, 0.717) is 24.2 Å². The van der Waals surface area contributed by atoms with E-state index in [4.69, 9.17) is 14.9 Å². The summed E-state index contributed by atoms with van der Waals surface area (Å²) in [5.74, 6) is -0.379. The summed E-state index contributed by atoms with van der Waals surface area (Å²) in [6.45, 7) is 2.09. The van der Waals surface area contributed by atoms with Crippen molar-refractivity contribution < 1.29 is 19.7 Å². The summed E-state index contributed by atoms with van der Waals surface area (Å²) in [7, 11) is 0. The number of fused-ring (bicyclic) bond motifs is 1. The molecule has 8 heteroatoms. The highest BCUT2D eigenvalue weighted by molar-refractivity contribution is 5.95. The Morgan fingerprint density at radius 3 is 2.89 bits per heavy atom. The first kappa shape index (κ1) is 19.0. The lowest BCUT2D eigenvalue weighted by atomic mass is 10.1. The lowest BCUT2D eigenvalue weighted by Crippen LogP contribution is -2.55. The number of carbonyl (C=O) groups is 1. The van der Waals surface area contributed by atoms with Gasteiger partial charge in [-0.05, 0) is 31.2 Å². The van der Waals surface area contributed by atoms with E-state index >= 15 is 0 Å². The Morgan fingerprint density at radius 2 is 2.19 bits per heavy atom. The highest BCUT2D eigenvalue weighted by atomic mass is 16.5. The van der Waals surface area contributed by atoms with Crippen molar-refractivity contribution in [3.8, 4) is 6.07 Å². The van der Waals surface area contributed by atoms with Crippen LogP contribution in [0.1, 0.15) is 12.5 Å². The molecule has 27 heavy (non-hydrogen) atoms. The second-order valence-corrected chi connectivity index (χ2v) is 6.55. The SMILES string of the molecule is C[C@@H]1CN(c2ccc(C#N)c3ncccc23)C[C@H](C(=O)NC(CO)CO)O1. The van der Waals surface area contributed by atoms with E-state index in [1.807, 2.05) is 30.0 Å². The number of amides is 1. The summed E-state index contributed by atoms with van der Waals surface area (Å²) >= 11 is 0. The number of aliphatic hydroxyl groups is 2. The highest BCUT2D eigenvalue weighted by Crippen LogP contribution is 2.30. The Morgan fingerprint density at radius 1 is 1.41 bits per heavy atom. The molecule has 0 bridgehead atoms. The van der Waals surface area contributed by atoms with Gasteiger partial charge in [0.05, 0.1) is 43.0 Å². The fraction of sp³-hybridized carbons (Fsp3) is 0.421. The summed E-state index contributed by atoms with van der Waals surface area (Å²) in [4.78, 5) is 18.8. The van der Waals surface area contributed by atoms with Crippen LogP contribution in [0.15, 0.2) is 30.5 Å². The molecule has 2 atom stereocenters. The largest absolute Gasteiger partial charge is 0.394 e. The number of hydrogen-bond donors (Lipinski definition) is 3. The maximum Gasteiger partial charge on any atom is 0.251 e. The Balaban J connectivity index is 1.88. The first-order valence-corrected chi connectivity index (χ1v) is 8.77. The quantitative estimate of drug-likeness (QED) is 0.686. The van der Waals surface area contributed by atoms with E-state index in [9.17, 15) is 10.1 Å². The van der Waals surface area contributed by atoms with E-state index in [1.54, 1.807) is 12.3 Å². The molecule has 142 valence electrons. The number of ether oxygens (including phenoxy) is 1. The van der Waals surface area contributed by atoms with Gasteiger partial charge in [0.1, 0.15) is 6.07 Å². The first-order valence-electron chi connectivity index (χ1n) is 8.77. The standard InChI is InChI=1S/C19H22N4O4/c1-12-8-23(9-17(27-12)19(26)22-14(10-24)11-25)16-5-4-13(7-20)18-15(16)3-2-6-21-18/h2-6,12,14,17,24-25H,8-11H2,1H3,(H,22,26)/t12-,17-/m1/s1. The highest BCUT2D eigenvalue weighted by Gasteiger charge is 2.32. The molecule has 1 aromatic heterocycles. The van der Waals surface area contributed by atoms with Crippen molar-refractivity contribution in [3.63, 3.8) is 0 Å². The molecule has 0 radical (unpaired) electrons. The van der Waals surface area contributed by atoms with Gasteiger partial charge in [-0.15, -0.1) is 0 Å². The molecule has 1 aliphatic rings. The van der Waals surface area contributed by atoms with E-state index in [1.165, 1.54) is 0 Å². The van der Waals surface area contributed by atoms with Crippen LogP contribution < -0.4 is 10.2 Å². The number of nitrogens with one attached hydrogen (secondary N) is 1. The van der Waals surface area contributed by atoms with Crippen LogP contribution in [-0.2, 0) is 9.53 Å². The van der Waals surface area contributed by atoms with Crippen LogP contribution in [0.25, 0.3) is 10.9 Å². The van der Waals surface area contributed by atoms with Gasteiger partial charge in [0, 0.05) is 23.8 Å². The number of aromatic nitrogens is 1. The van der Waals surface area contributed by atoms with Gasteiger partial charge < -0.3 is 25.2 Å². The minimum atomic E-state index is -0.739. The van der Waals surface area contributed by atoms with Gasteiger partial charge in [0.15, 0.2) is 6.10 Å². The molecule has 3 N–H and O–H groups in total.